The van der Waals surface area contributed by atoms with Crippen molar-refractivity contribution in [2.45, 2.75) is 23.6 Å². The van der Waals surface area contributed by atoms with Crippen LogP contribution in [-0.2, 0) is 20.2 Å². The summed E-state index contributed by atoms with van der Waals surface area (Å²) in [6.45, 7) is 3.10. The van der Waals surface area contributed by atoms with Gasteiger partial charge in [0, 0.05) is 10.8 Å². The molecule has 0 aromatic heterocycles. The topological polar surface area (TPSA) is 109 Å². The molecular formula is C12H12O6S2. The van der Waals surface area contributed by atoms with Crippen molar-refractivity contribution in [2.24, 2.45) is 0 Å². The molecular weight excluding hydrogens is 304 g/mol. The minimum Gasteiger partial charge on any atom is -0.282 e. The van der Waals surface area contributed by atoms with Gasteiger partial charge >= 0.3 is 0 Å². The molecule has 6 nitrogen and oxygen atoms in total. The van der Waals surface area contributed by atoms with Crippen molar-refractivity contribution >= 4 is 31.0 Å². The minimum absolute atomic E-state index is 0.0470. The van der Waals surface area contributed by atoms with Crippen LogP contribution in [0.2, 0.25) is 0 Å². The summed E-state index contributed by atoms with van der Waals surface area (Å²) >= 11 is 0. The summed E-state index contributed by atoms with van der Waals surface area (Å²) in [7, 11) is -9.02. The summed E-state index contributed by atoms with van der Waals surface area (Å²) in [5.41, 5.74) is 0.814. The molecule has 0 unspecified atom stereocenters. The van der Waals surface area contributed by atoms with E-state index in [2.05, 4.69) is 0 Å². The van der Waals surface area contributed by atoms with Gasteiger partial charge in [-0.2, -0.15) is 16.8 Å². The van der Waals surface area contributed by atoms with E-state index in [9.17, 15) is 25.9 Å². The summed E-state index contributed by atoms with van der Waals surface area (Å²) in [5, 5.41) is 0.0939. The lowest BCUT2D eigenvalue weighted by Gasteiger charge is -2.12. The maximum absolute atomic E-state index is 11.5. The van der Waals surface area contributed by atoms with Crippen molar-refractivity contribution < 1.29 is 25.9 Å². The number of hydrogen-bond donors (Lipinski definition) is 2. The van der Waals surface area contributed by atoms with Gasteiger partial charge in [-0.3, -0.25) is 9.11 Å². The van der Waals surface area contributed by atoms with Gasteiger partial charge in [-0.1, -0.05) is 12.1 Å². The number of fused-ring (bicyclic) bond motifs is 1. The van der Waals surface area contributed by atoms with Gasteiger partial charge in [-0.15, -0.1) is 0 Å². The van der Waals surface area contributed by atoms with Crippen LogP contribution in [0.25, 0.3) is 10.8 Å². The molecule has 0 aliphatic rings. The van der Waals surface area contributed by atoms with E-state index in [-0.39, 0.29) is 15.7 Å². The molecule has 0 radical (unpaired) electrons. The van der Waals surface area contributed by atoms with Crippen molar-refractivity contribution in [1.29, 1.82) is 0 Å². The Morgan fingerprint density at radius 2 is 1.50 bits per heavy atom. The molecule has 0 atom stereocenters. The van der Waals surface area contributed by atoms with Gasteiger partial charge in [0.1, 0.15) is 9.79 Å². The standard InChI is InChI=1S/C12H12O6S2/c1-7-6-10-9(12(8(7)2)20(16,17)18)4-3-5-11(10)19(13,14)15/h3-6H,1-2H3,(H,13,14,15)(H,16,17,18). The van der Waals surface area contributed by atoms with Crippen LogP contribution in [0, 0.1) is 13.8 Å². The number of rotatable bonds is 2. The zero-order valence-corrected chi connectivity index (χ0v) is 12.3. The molecule has 2 N–H and O–H groups in total. The fourth-order valence-electron chi connectivity index (χ4n) is 2.15. The summed E-state index contributed by atoms with van der Waals surface area (Å²) in [6, 6.07) is 5.30. The molecule has 0 saturated heterocycles. The maximum atomic E-state index is 11.5. The van der Waals surface area contributed by atoms with E-state index in [0.29, 0.717) is 11.1 Å². The first-order valence-corrected chi connectivity index (χ1v) is 8.39. The van der Waals surface area contributed by atoms with Gasteiger partial charge in [0.15, 0.2) is 0 Å². The van der Waals surface area contributed by atoms with E-state index < -0.39 is 25.1 Å². The Labute approximate surface area is 116 Å². The Kier molecular flexibility index (Phi) is 3.37. The minimum atomic E-state index is -4.52. The molecule has 0 aliphatic carbocycles. The van der Waals surface area contributed by atoms with Crippen LogP contribution in [0.3, 0.4) is 0 Å². The third-order valence-corrected chi connectivity index (χ3v) is 5.09. The van der Waals surface area contributed by atoms with Crippen molar-refractivity contribution in [1.82, 2.24) is 0 Å². The lowest BCUT2D eigenvalue weighted by Crippen LogP contribution is -2.06. The third kappa shape index (κ3) is 2.42. The molecule has 2 rings (SSSR count). The average molecular weight is 316 g/mol. The van der Waals surface area contributed by atoms with E-state index in [1.165, 1.54) is 31.2 Å². The Hall–Kier alpha value is -1.48. The molecule has 108 valence electrons. The summed E-state index contributed by atoms with van der Waals surface area (Å²) in [5.74, 6) is 0. The first-order chi connectivity index (χ1) is 9.03. The molecule has 0 saturated carbocycles. The van der Waals surface area contributed by atoms with Crippen LogP contribution in [0.5, 0.6) is 0 Å². The fraction of sp³-hybridized carbons (Fsp3) is 0.167. The highest BCUT2D eigenvalue weighted by Gasteiger charge is 2.22. The molecule has 8 heteroatoms. The first-order valence-electron chi connectivity index (χ1n) is 5.51. The molecule has 0 aliphatic heterocycles. The fourth-order valence-corrected chi connectivity index (χ4v) is 3.86. The monoisotopic (exact) mass is 316 g/mol. The molecule has 20 heavy (non-hydrogen) atoms. The Bertz CT molecular complexity index is 911. The zero-order chi connectivity index (χ0) is 15.3. The number of benzene rings is 2. The van der Waals surface area contributed by atoms with Crippen LogP contribution in [0.1, 0.15) is 11.1 Å². The smallest absolute Gasteiger partial charge is 0.282 e. The molecule has 0 amide bonds. The van der Waals surface area contributed by atoms with Gasteiger partial charge in [0.05, 0.1) is 0 Å². The van der Waals surface area contributed by atoms with Crippen molar-refractivity contribution in [3.63, 3.8) is 0 Å². The van der Waals surface area contributed by atoms with Crippen LogP contribution in [0.4, 0.5) is 0 Å². The molecule has 2 aromatic rings. The second-order valence-electron chi connectivity index (χ2n) is 4.45. The van der Waals surface area contributed by atoms with Crippen LogP contribution in [0.15, 0.2) is 34.1 Å². The SMILES string of the molecule is Cc1cc2c(S(=O)(=O)O)cccc2c(S(=O)(=O)O)c1C. The molecule has 2 aromatic carbocycles. The van der Waals surface area contributed by atoms with E-state index >= 15 is 0 Å². The number of aryl methyl sites for hydroxylation is 1. The van der Waals surface area contributed by atoms with Crippen LogP contribution >= 0.6 is 0 Å². The predicted molar refractivity (Wildman–Crippen MR) is 73.1 cm³/mol. The molecule has 0 bridgehead atoms. The van der Waals surface area contributed by atoms with Gasteiger partial charge in [-0.05, 0) is 37.1 Å². The average Bonchev–Trinajstić information content (AvgIpc) is 2.26. The Morgan fingerprint density at radius 3 is 2.00 bits per heavy atom. The van der Waals surface area contributed by atoms with Crippen LogP contribution < -0.4 is 0 Å². The van der Waals surface area contributed by atoms with Gasteiger partial charge < -0.3 is 0 Å². The largest absolute Gasteiger partial charge is 0.295 e. The maximum Gasteiger partial charge on any atom is 0.295 e. The second kappa shape index (κ2) is 4.52. The normalized spacial score (nSPS) is 12.8. The zero-order valence-electron chi connectivity index (χ0n) is 10.7. The van der Waals surface area contributed by atoms with Crippen molar-refractivity contribution in [3.05, 3.63) is 35.4 Å². The highest BCUT2D eigenvalue weighted by Crippen LogP contribution is 2.32. The van der Waals surface area contributed by atoms with E-state index in [1.54, 1.807) is 6.92 Å². The van der Waals surface area contributed by atoms with E-state index in [0.717, 1.165) is 0 Å². The van der Waals surface area contributed by atoms with E-state index in [4.69, 9.17) is 0 Å². The summed E-state index contributed by atoms with van der Waals surface area (Å²) in [6.07, 6.45) is 0. The lowest BCUT2D eigenvalue weighted by atomic mass is 10.0. The number of hydrogen-bond acceptors (Lipinski definition) is 4. The molecule has 0 spiro atoms. The summed E-state index contributed by atoms with van der Waals surface area (Å²) < 4.78 is 64.3. The molecule has 0 fully saturated rings. The lowest BCUT2D eigenvalue weighted by molar-refractivity contribution is 0.480. The second-order valence-corrected chi connectivity index (χ2v) is 7.20. The third-order valence-electron chi connectivity index (χ3n) is 3.14. The molecule has 0 heterocycles. The predicted octanol–water partition coefficient (Wildman–Crippen LogP) is 1.95. The van der Waals surface area contributed by atoms with E-state index in [1.807, 2.05) is 0 Å². The van der Waals surface area contributed by atoms with Crippen LogP contribution in [-0.4, -0.2) is 25.9 Å². The van der Waals surface area contributed by atoms with Crippen molar-refractivity contribution in [2.75, 3.05) is 0 Å². The van der Waals surface area contributed by atoms with Gasteiger partial charge in [-0.25, -0.2) is 0 Å². The van der Waals surface area contributed by atoms with Gasteiger partial charge in [0.2, 0.25) is 0 Å². The summed E-state index contributed by atoms with van der Waals surface area (Å²) in [4.78, 5) is -0.749. The van der Waals surface area contributed by atoms with Crippen molar-refractivity contribution in [3.8, 4) is 0 Å². The quantitative estimate of drug-likeness (QED) is 0.820. The van der Waals surface area contributed by atoms with Gasteiger partial charge in [0.25, 0.3) is 20.2 Å². The highest BCUT2D eigenvalue weighted by atomic mass is 32.2. The highest BCUT2D eigenvalue weighted by molar-refractivity contribution is 7.86. The first kappa shape index (κ1) is 14.9. The Balaban J connectivity index is 3.15. The Morgan fingerprint density at radius 1 is 0.900 bits per heavy atom.